The maximum Gasteiger partial charge on any atom is 0.412 e. The van der Waals surface area contributed by atoms with Crippen molar-refractivity contribution >= 4 is 23.8 Å². The van der Waals surface area contributed by atoms with Crippen LogP contribution in [0, 0.1) is 0 Å². The highest BCUT2D eigenvalue weighted by molar-refractivity contribution is 5.86. The van der Waals surface area contributed by atoms with Crippen molar-refractivity contribution in [3.05, 3.63) is 77.6 Å². The number of hydrogen-bond donors (Lipinski definition) is 2. The molecule has 4 rings (SSSR count). The first-order chi connectivity index (χ1) is 19.6. The summed E-state index contributed by atoms with van der Waals surface area (Å²) in [5.41, 5.74) is 4.44. The highest BCUT2D eigenvalue weighted by atomic mass is 16.6. The number of aromatic nitrogens is 1. The van der Waals surface area contributed by atoms with Gasteiger partial charge in [-0.05, 0) is 49.4 Å². The van der Waals surface area contributed by atoms with Crippen LogP contribution < -0.4 is 10.1 Å². The van der Waals surface area contributed by atoms with Gasteiger partial charge in [0.1, 0.15) is 18.0 Å². The molecule has 0 radical (unpaired) electrons. The number of rotatable bonds is 10. The molecule has 1 aromatic heterocycles. The molecule has 216 valence electrons. The Morgan fingerprint density at radius 3 is 2.22 bits per heavy atom. The molecule has 0 fully saturated rings. The van der Waals surface area contributed by atoms with Gasteiger partial charge in [0, 0.05) is 24.4 Å². The van der Waals surface area contributed by atoms with E-state index in [1.54, 1.807) is 20.8 Å². The Kier molecular flexibility index (Phi) is 9.11. The summed E-state index contributed by atoms with van der Waals surface area (Å²) < 4.78 is 16.7. The van der Waals surface area contributed by atoms with E-state index >= 15 is 0 Å². The topological polar surface area (TPSA) is 127 Å². The first-order valence-electron chi connectivity index (χ1n) is 13.4. The number of aliphatic carboxylic acids is 1. The van der Waals surface area contributed by atoms with E-state index in [4.69, 9.17) is 14.2 Å². The molecule has 1 aliphatic carbocycles. The quantitative estimate of drug-likeness (QED) is 0.306. The van der Waals surface area contributed by atoms with E-state index in [-0.39, 0.29) is 38.5 Å². The Balaban J connectivity index is 1.56. The maximum atomic E-state index is 13.5. The molecule has 0 saturated carbocycles. The molecule has 10 nitrogen and oxygen atoms in total. The van der Waals surface area contributed by atoms with Crippen LogP contribution in [-0.4, -0.2) is 59.0 Å². The molecule has 10 heteroatoms. The minimum Gasteiger partial charge on any atom is -0.495 e. The van der Waals surface area contributed by atoms with Gasteiger partial charge < -0.3 is 24.2 Å². The molecule has 1 heterocycles. The number of ether oxygens (including phenoxy) is 3. The smallest absolute Gasteiger partial charge is 0.412 e. The molecule has 2 N–H and O–H groups in total. The number of carbonyl (C=O) groups is 3. The van der Waals surface area contributed by atoms with Crippen molar-refractivity contribution in [2.24, 2.45) is 0 Å². The Morgan fingerprint density at radius 2 is 1.63 bits per heavy atom. The molecule has 2 aromatic carbocycles. The Hall–Kier alpha value is -4.60. The van der Waals surface area contributed by atoms with Crippen molar-refractivity contribution in [1.82, 2.24) is 9.88 Å². The fraction of sp³-hybridized carbons (Fsp3) is 0.355. The highest BCUT2D eigenvalue weighted by Crippen LogP contribution is 2.44. The number of anilines is 1. The fourth-order valence-electron chi connectivity index (χ4n) is 4.86. The highest BCUT2D eigenvalue weighted by Gasteiger charge is 2.30. The lowest BCUT2D eigenvalue weighted by Crippen LogP contribution is -2.34. The summed E-state index contributed by atoms with van der Waals surface area (Å²) >= 11 is 0. The lowest BCUT2D eigenvalue weighted by molar-refractivity contribution is -0.137. The lowest BCUT2D eigenvalue weighted by Gasteiger charge is -2.26. The summed E-state index contributed by atoms with van der Waals surface area (Å²) in [4.78, 5) is 42.8. The van der Waals surface area contributed by atoms with Crippen LogP contribution in [0.4, 0.5) is 15.3 Å². The summed E-state index contributed by atoms with van der Waals surface area (Å²) in [5.74, 6) is -0.758. The van der Waals surface area contributed by atoms with Crippen LogP contribution in [0.5, 0.6) is 5.75 Å². The zero-order valence-corrected chi connectivity index (χ0v) is 23.7. The minimum absolute atomic E-state index is 0.0207. The number of carbonyl (C=O) groups excluding carboxylic acids is 2. The normalized spacial score (nSPS) is 12.2. The van der Waals surface area contributed by atoms with Gasteiger partial charge in [0.2, 0.25) is 0 Å². The number of carboxylic acid groups (broad SMARTS) is 1. The van der Waals surface area contributed by atoms with Gasteiger partial charge in [0.25, 0.3) is 0 Å². The predicted molar refractivity (Wildman–Crippen MR) is 153 cm³/mol. The molecule has 0 spiro atoms. The molecule has 0 atom stereocenters. The first-order valence-corrected chi connectivity index (χ1v) is 13.4. The molecule has 3 aromatic rings. The Bertz CT molecular complexity index is 1370. The third-order valence-electron chi connectivity index (χ3n) is 6.64. The van der Waals surface area contributed by atoms with Gasteiger partial charge in [0.05, 0.1) is 31.7 Å². The van der Waals surface area contributed by atoms with Crippen LogP contribution in [0.15, 0.2) is 60.9 Å². The van der Waals surface area contributed by atoms with E-state index in [9.17, 15) is 19.5 Å². The maximum absolute atomic E-state index is 13.5. The lowest BCUT2D eigenvalue weighted by atomic mass is 9.98. The van der Waals surface area contributed by atoms with E-state index in [0.29, 0.717) is 17.0 Å². The number of fused-ring (bicyclic) bond motifs is 3. The van der Waals surface area contributed by atoms with Crippen LogP contribution in [0.3, 0.4) is 0 Å². The number of methoxy groups -OCH3 is 1. The fourth-order valence-corrected chi connectivity index (χ4v) is 4.86. The van der Waals surface area contributed by atoms with Crippen molar-refractivity contribution in [3.63, 3.8) is 0 Å². The van der Waals surface area contributed by atoms with Gasteiger partial charge in [-0.3, -0.25) is 15.1 Å². The summed E-state index contributed by atoms with van der Waals surface area (Å²) in [6, 6.07) is 16.1. The Morgan fingerprint density at radius 1 is 1.00 bits per heavy atom. The average molecular weight is 562 g/mol. The number of amides is 2. The van der Waals surface area contributed by atoms with Crippen LogP contribution >= 0.6 is 0 Å². The molecular formula is C31H35N3O7. The van der Waals surface area contributed by atoms with Gasteiger partial charge in [-0.25, -0.2) is 9.59 Å². The van der Waals surface area contributed by atoms with Gasteiger partial charge in [-0.2, -0.15) is 0 Å². The zero-order chi connectivity index (χ0) is 29.6. The van der Waals surface area contributed by atoms with E-state index < -0.39 is 23.8 Å². The van der Waals surface area contributed by atoms with E-state index in [0.717, 1.165) is 22.3 Å². The average Bonchev–Trinajstić information content (AvgIpc) is 3.24. The molecular weight excluding hydrogens is 526 g/mol. The van der Waals surface area contributed by atoms with E-state index in [1.807, 2.05) is 36.4 Å². The first kappa shape index (κ1) is 29.4. The molecule has 0 aliphatic heterocycles. The standard InChI is InChI=1S/C31H35N3O7/c1-31(2,3)41-29(37)33-26-16-32-17-27(39-4)24(26)18-34(15-9-14-28(35)36)30(38)40-19-25-22-12-7-5-10-20(22)21-11-6-8-13-23(21)25/h5-8,10-13,16-17,25H,9,14-15,18-19H2,1-4H3,(H,33,37)(H,35,36). The molecule has 0 saturated heterocycles. The van der Waals surface area contributed by atoms with Crippen LogP contribution in [-0.2, 0) is 20.8 Å². The van der Waals surface area contributed by atoms with Gasteiger partial charge in [-0.1, -0.05) is 48.5 Å². The monoisotopic (exact) mass is 561 g/mol. The molecule has 2 amide bonds. The SMILES string of the molecule is COc1cncc(NC(=O)OC(C)(C)C)c1CN(CCCC(=O)O)C(=O)OCC1c2ccccc2-c2ccccc21. The molecule has 0 unspecified atom stereocenters. The van der Waals surface area contributed by atoms with Gasteiger partial charge >= 0.3 is 18.2 Å². The number of hydrogen-bond acceptors (Lipinski definition) is 7. The summed E-state index contributed by atoms with van der Waals surface area (Å²) in [6.45, 7) is 5.45. The van der Waals surface area contributed by atoms with Gasteiger partial charge in [-0.15, -0.1) is 0 Å². The summed E-state index contributed by atoms with van der Waals surface area (Å²) in [7, 11) is 1.46. The van der Waals surface area contributed by atoms with Crippen LogP contribution in [0.2, 0.25) is 0 Å². The van der Waals surface area contributed by atoms with Crippen molar-refractivity contribution in [2.75, 3.05) is 25.6 Å². The second-order valence-electron chi connectivity index (χ2n) is 10.7. The summed E-state index contributed by atoms with van der Waals surface area (Å²) in [6.07, 6.45) is 1.70. The number of nitrogens with zero attached hydrogens (tertiary/aromatic N) is 2. The van der Waals surface area contributed by atoms with Crippen molar-refractivity contribution < 1.29 is 33.7 Å². The van der Waals surface area contributed by atoms with Crippen LogP contribution in [0.25, 0.3) is 11.1 Å². The number of carboxylic acids is 1. The van der Waals surface area contributed by atoms with Crippen LogP contribution in [0.1, 0.15) is 56.2 Å². The van der Waals surface area contributed by atoms with Crippen molar-refractivity contribution in [1.29, 1.82) is 0 Å². The number of pyridine rings is 1. The predicted octanol–water partition coefficient (Wildman–Crippen LogP) is 6.05. The number of benzene rings is 2. The largest absolute Gasteiger partial charge is 0.495 e. The second-order valence-corrected chi connectivity index (χ2v) is 10.7. The van der Waals surface area contributed by atoms with E-state index in [2.05, 4.69) is 22.4 Å². The number of nitrogens with one attached hydrogen (secondary N) is 1. The molecule has 0 bridgehead atoms. The summed E-state index contributed by atoms with van der Waals surface area (Å²) in [5, 5.41) is 11.9. The minimum atomic E-state index is -0.966. The third kappa shape index (κ3) is 7.33. The Labute approximate surface area is 239 Å². The second kappa shape index (κ2) is 12.7. The molecule has 41 heavy (non-hydrogen) atoms. The van der Waals surface area contributed by atoms with Crippen molar-refractivity contribution in [2.45, 2.75) is 51.7 Å². The zero-order valence-electron chi connectivity index (χ0n) is 23.7. The van der Waals surface area contributed by atoms with Gasteiger partial charge in [0.15, 0.2) is 0 Å². The van der Waals surface area contributed by atoms with Crippen molar-refractivity contribution in [3.8, 4) is 16.9 Å². The third-order valence-corrected chi connectivity index (χ3v) is 6.64. The van der Waals surface area contributed by atoms with E-state index in [1.165, 1.54) is 24.4 Å². The molecule has 1 aliphatic rings.